The monoisotopic (exact) mass is 389 g/mol. The fourth-order valence-corrected chi connectivity index (χ4v) is 3.03. The van der Waals surface area contributed by atoms with Crippen LogP contribution in [0.25, 0.3) is 0 Å². The second-order valence-electron chi connectivity index (χ2n) is 6.61. The fraction of sp³-hybridized carbons (Fsp3) is 0.529. The molecular formula is C17H24F3N4O3+. The van der Waals surface area contributed by atoms with E-state index in [0.29, 0.717) is 25.7 Å². The van der Waals surface area contributed by atoms with Crippen molar-refractivity contribution in [2.75, 3.05) is 26.2 Å². The molecule has 0 unspecified atom stereocenters. The third kappa shape index (κ3) is 6.81. The number of quaternary nitrogens is 1. The molecule has 1 aliphatic heterocycles. The van der Waals surface area contributed by atoms with Crippen molar-refractivity contribution in [2.45, 2.75) is 31.5 Å². The van der Waals surface area contributed by atoms with Crippen molar-refractivity contribution in [1.29, 1.82) is 0 Å². The minimum atomic E-state index is -4.40. The molecule has 1 aromatic carbocycles. The second kappa shape index (κ2) is 9.16. The average molecular weight is 389 g/mol. The maximum absolute atomic E-state index is 12.4. The van der Waals surface area contributed by atoms with Crippen LogP contribution in [0.1, 0.15) is 18.4 Å². The highest BCUT2D eigenvalue weighted by atomic mass is 19.4. The molecule has 3 N–H and O–H groups in total. The van der Waals surface area contributed by atoms with Crippen molar-refractivity contribution < 1.29 is 32.5 Å². The number of piperidine rings is 1. The normalized spacial score (nSPS) is 23.0. The molecule has 0 saturated carbocycles. The van der Waals surface area contributed by atoms with E-state index in [4.69, 9.17) is 0 Å². The van der Waals surface area contributed by atoms with E-state index in [0.717, 1.165) is 10.6 Å². The van der Waals surface area contributed by atoms with Gasteiger partial charge in [-0.3, -0.25) is 0 Å². The van der Waals surface area contributed by atoms with Gasteiger partial charge in [-0.2, -0.15) is 23.2 Å². The van der Waals surface area contributed by atoms with Crippen molar-refractivity contribution >= 4 is 12.5 Å². The van der Waals surface area contributed by atoms with Crippen LogP contribution in [0.15, 0.2) is 30.3 Å². The van der Waals surface area contributed by atoms with Gasteiger partial charge in [-0.05, 0) is 12.0 Å². The number of carboxylic acid groups (broad SMARTS) is 1. The Hall–Kier alpha value is -2.17. The van der Waals surface area contributed by atoms with Crippen LogP contribution < -0.4 is 10.9 Å². The Bertz CT molecular complexity index is 620. The van der Waals surface area contributed by atoms with E-state index in [1.54, 1.807) is 0 Å². The lowest BCUT2D eigenvalue weighted by Crippen LogP contribution is -2.65. The van der Waals surface area contributed by atoms with Gasteiger partial charge in [-0.15, -0.1) is 0 Å². The van der Waals surface area contributed by atoms with Crippen molar-refractivity contribution in [3.05, 3.63) is 35.9 Å². The molecule has 150 valence electrons. The van der Waals surface area contributed by atoms with Gasteiger partial charge in [-0.1, -0.05) is 30.3 Å². The lowest BCUT2D eigenvalue weighted by atomic mass is 10.1. The van der Waals surface area contributed by atoms with E-state index >= 15 is 0 Å². The highest BCUT2D eigenvalue weighted by Gasteiger charge is 2.39. The van der Waals surface area contributed by atoms with Crippen molar-refractivity contribution in [3.63, 3.8) is 0 Å². The van der Waals surface area contributed by atoms with Crippen LogP contribution in [-0.4, -0.2) is 65.6 Å². The van der Waals surface area contributed by atoms with Gasteiger partial charge < -0.3 is 5.11 Å². The number of amides is 2. The number of carbonyl (C=O) groups is 2. The minimum absolute atomic E-state index is 0.156. The standard InChI is InChI=1S/C17H23F3N4O3/c18-17(19,20)12-21-24(13-25)10-7-15(8-11-24)22-23(16(26)27)9-6-14-4-2-1-3-5-14/h1-5,13,15,21-22H,6-12H2/p+1. The number of hydrazine groups is 1. The Morgan fingerprint density at radius 3 is 2.41 bits per heavy atom. The van der Waals surface area contributed by atoms with E-state index in [9.17, 15) is 27.9 Å². The molecule has 1 aliphatic rings. The molecule has 1 heterocycles. The summed E-state index contributed by atoms with van der Waals surface area (Å²) in [5.74, 6) is 0. The van der Waals surface area contributed by atoms with Gasteiger partial charge in [0.2, 0.25) is 0 Å². The van der Waals surface area contributed by atoms with Crippen molar-refractivity contribution in [3.8, 4) is 0 Å². The highest BCUT2D eigenvalue weighted by molar-refractivity contribution is 5.64. The first-order valence-corrected chi connectivity index (χ1v) is 8.68. The zero-order chi connectivity index (χ0) is 19.9. The molecule has 2 rings (SSSR count). The maximum atomic E-state index is 12.4. The van der Waals surface area contributed by atoms with Gasteiger partial charge in [0.05, 0.1) is 0 Å². The number of alkyl halides is 3. The summed E-state index contributed by atoms with van der Waals surface area (Å²) in [4.78, 5) is 22.8. The molecule has 0 radical (unpaired) electrons. The predicted molar refractivity (Wildman–Crippen MR) is 91.2 cm³/mol. The first-order chi connectivity index (χ1) is 12.7. The van der Waals surface area contributed by atoms with Crippen LogP contribution in [0, 0.1) is 0 Å². The molecule has 10 heteroatoms. The summed E-state index contributed by atoms with van der Waals surface area (Å²) in [6.45, 7) is -0.690. The summed E-state index contributed by atoms with van der Waals surface area (Å²) in [5.41, 5.74) is 6.17. The van der Waals surface area contributed by atoms with Crippen molar-refractivity contribution in [1.82, 2.24) is 15.9 Å². The van der Waals surface area contributed by atoms with Gasteiger partial charge in [0.1, 0.15) is 19.6 Å². The van der Waals surface area contributed by atoms with Crippen LogP contribution in [0.2, 0.25) is 0 Å². The third-order valence-electron chi connectivity index (χ3n) is 4.59. The smallest absolute Gasteiger partial charge is 0.421 e. The fourth-order valence-electron chi connectivity index (χ4n) is 3.03. The van der Waals surface area contributed by atoms with Gasteiger partial charge in [0.25, 0.3) is 0 Å². The van der Waals surface area contributed by atoms with Crippen LogP contribution in [0.4, 0.5) is 18.0 Å². The first kappa shape index (κ1) is 21.1. The van der Waals surface area contributed by atoms with Crippen LogP contribution in [0.5, 0.6) is 0 Å². The number of likely N-dealkylation sites (tertiary alicyclic amines) is 1. The number of carbonyl (C=O) groups excluding carboxylic acids is 1. The zero-order valence-corrected chi connectivity index (χ0v) is 14.8. The Morgan fingerprint density at radius 1 is 1.26 bits per heavy atom. The summed E-state index contributed by atoms with van der Waals surface area (Å²) in [6.07, 6.45) is -3.76. The van der Waals surface area contributed by atoms with Gasteiger partial charge in [0.15, 0.2) is 0 Å². The largest absolute Gasteiger partial charge is 0.464 e. The molecule has 0 atom stereocenters. The Morgan fingerprint density at radius 2 is 1.89 bits per heavy atom. The number of benzene rings is 1. The van der Waals surface area contributed by atoms with E-state index in [-0.39, 0.29) is 25.7 Å². The van der Waals surface area contributed by atoms with E-state index in [1.165, 1.54) is 0 Å². The Labute approximate surface area is 155 Å². The molecule has 0 bridgehead atoms. The quantitative estimate of drug-likeness (QED) is 0.360. The Balaban J connectivity index is 1.85. The maximum Gasteiger partial charge on any atom is 0.421 e. The number of rotatable bonds is 8. The van der Waals surface area contributed by atoms with Crippen LogP contribution >= 0.6 is 0 Å². The molecule has 7 nitrogen and oxygen atoms in total. The molecule has 0 aromatic heterocycles. The second-order valence-corrected chi connectivity index (χ2v) is 6.61. The Kier molecular flexibility index (Phi) is 7.17. The number of nitrogens with zero attached hydrogens (tertiary/aromatic N) is 2. The summed E-state index contributed by atoms with van der Waals surface area (Å²) in [6, 6.07) is 9.21. The van der Waals surface area contributed by atoms with Gasteiger partial charge in [-0.25, -0.2) is 20.0 Å². The lowest BCUT2D eigenvalue weighted by molar-refractivity contribution is -0.896. The summed E-state index contributed by atoms with van der Waals surface area (Å²) in [5, 5.41) is 10.5. The van der Waals surface area contributed by atoms with Crippen LogP contribution in [-0.2, 0) is 11.2 Å². The average Bonchev–Trinajstić information content (AvgIpc) is 2.64. The topological polar surface area (TPSA) is 81.7 Å². The molecular weight excluding hydrogens is 365 g/mol. The molecule has 1 saturated heterocycles. The van der Waals surface area contributed by atoms with E-state index in [2.05, 4.69) is 10.9 Å². The molecule has 2 amide bonds. The number of hydrogen-bond acceptors (Lipinski definition) is 4. The number of nitrogens with one attached hydrogen (secondary N) is 2. The van der Waals surface area contributed by atoms with E-state index in [1.807, 2.05) is 30.3 Å². The summed E-state index contributed by atoms with van der Waals surface area (Å²) in [7, 11) is 0. The summed E-state index contributed by atoms with van der Waals surface area (Å²) < 4.78 is 36.7. The molecule has 27 heavy (non-hydrogen) atoms. The predicted octanol–water partition coefficient (Wildman–Crippen LogP) is 1.92. The molecule has 0 aliphatic carbocycles. The first-order valence-electron chi connectivity index (χ1n) is 8.68. The van der Waals surface area contributed by atoms with Gasteiger partial charge in [0, 0.05) is 25.4 Å². The lowest BCUT2D eigenvalue weighted by Gasteiger charge is -2.39. The highest BCUT2D eigenvalue weighted by Crippen LogP contribution is 2.18. The van der Waals surface area contributed by atoms with Gasteiger partial charge >= 0.3 is 18.7 Å². The van der Waals surface area contributed by atoms with Crippen molar-refractivity contribution in [2.24, 2.45) is 0 Å². The third-order valence-corrected chi connectivity index (χ3v) is 4.59. The number of hydrogen-bond donors (Lipinski definition) is 3. The SMILES string of the molecule is O=C[N+]1(NCC(F)(F)F)CCC(NN(CCc2ccccc2)C(=O)O)CC1. The molecule has 0 spiro atoms. The molecule has 1 fully saturated rings. The summed E-state index contributed by atoms with van der Waals surface area (Å²) >= 11 is 0. The molecule has 1 aromatic rings. The minimum Gasteiger partial charge on any atom is -0.464 e. The van der Waals surface area contributed by atoms with Crippen LogP contribution in [0.3, 0.4) is 0 Å². The zero-order valence-electron chi connectivity index (χ0n) is 14.8. The number of halogens is 3. The van der Waals surface area contributed by atoms with E-state index < -0.39 is 23.4 Å².